The number of halogens is 1. The van der Waals surface area contributed by atoms with Gasteiger partial charge in [-0.05, 0) is 31.9 Å². The molecule has 0 unspecified atom stereocenters. The van der Waals surface area contributed by atoms with Gasteiger partial charge < -0.3 is 10.7 Å². The number of nitrogens with two attached hydrogens (primary N) is 1. The summed E-state index contributed by atoms with van der Waals surface area (Å²) in [5.41, 5.74) is 5.39. The zero-order chi connectivity index (χ0) is 15.4. The minimum absolute atomic E-state index is 0.626. The molecule has 4 N–H and O–H groups in total. The van der Waals surface area contributed by atoms with Crippen LogP contribution in [0.2, 0.25) is 5.02 Å². The van der Waals surface area contributed by atoms with Crippen LogP contribution >= 0.6 is 11.6 Å². The molecule has 1 aromatic carbocycles. The smallest absolute Gasteiger partial charge is 0.148 e. The fourth-order valence-corrected chi connectivity index (χ4v) is 2.34. The molecule has 0 fully saturated rings. The lowest BCUT2D eigenvalue weighted by molar-refractivity contribution is 0.833. The second-order valence-corrected chi connectivity index (χ2v) is 5.32. The summed E-state index contributed by atoms with van der Waals surface area (Å²) in [6, 6.07) is 5.77. The summed E-state index contributed by atoms with van der Waals surface area (Å²) >= 11 is 6.26. The van der Waals surface area contributed by atoms with Gasteiger partial charge in [0.15, 0.2) is 0 Å². The van der Waals surface area contributed by atoms with Crippen LogP contribution in [0, 0.1) is 13.8 Å². The molecule has 0 aliphatic carbocycles. The highest BCUT2D eigenvalue weighted by atomic mass is 35.5. The average Bonchev–Trinajstić information content (AvgIpc) is 2.46. The van der Waals surface area contributed by atoms with E-state index in [9.17, 15) is 0 Å². The number of aryl methyl sites for hydroxylation is 2. The quantitative estimate of drug-likeness (QED) is 0.579. The Kier molecular flexibility index (Phi) is 4.98. The highest BCUT2D eigenvalue weighted by Gasteiger charge is 2.12. The van der Waals surface area contributed by atoms with Crippen LogP contribution in [0.3, 0.4) is 0 Å². The van der Waals surface area contributed by atoms with Gasteiger partial charge in [-0.1, -0.05) is 30.7 Å². The van der Waals surface area contributed by atoms with Gasteiger partial charge in [-0.3, -0.25) is 0 Å². The van der Waals surface area contributed by atoms with E-state index in [1.54, 1.807) is 0 Å². The number of nitrogens with one attached hydrogen (secondary N) is 2. The molecule has 21 heavy (non-hydrogen) atoms. The molecule has 0 saturated carbocycles. The Labute approximate surface area is 129 Å². The largest absolute Gasteiger partial charge is 0.338 e. The fraction of sp³-hybridized carbons (Fsp3) is 0.333. The third-order valence-electron chi connectivity index (χ3n) is 3.27. The molecule has 112 valence electrons. The topological polar surface area (TPSA) is 75.9 Å². The number of benzene rings is 1. The van der Waals surface area contributed by atoms with Gasteiger partial charge in [0, 0.05) is 12.0 Å². The minimum Gasteiger partial charge on any atom is -0.338 e. The number of hydrogen-bond donors (Lipinski definition) is 3. The lowest BCUT2D eigenvalue weighted by atomic mass is 10.2. The normalized spacial score (nSPS) is 10.5. The van der Waals surface area contributed by atoms with E-state index in [1.807, 2.05) is 32.0 Å². The summed E-state index contributed by atoms with van der Waals surface area (Å²) in [5, 5.41) is 3.96. The Hall–Kier alpha value is -1.85. The number of aromatic nitrogens is 2. The van der Waals surface area contributed by atoms with Crippen molar-refractivity contribution in [3.05, 3.63) is 40.2 Å². The van der Waals surface area contributed by atoms with Crippen molar-refractivity contribution < 1.29 is 0 Å². The molecule has 1 aromatic heterocycles. The molecule has 0 amide bonds. The fourth-order valence-electron chi connectivity index (χ4n) is 2.07. The van der Waals surface area contributed by atoms with Crippen molar-refractivity contribution in [3.8, 4) is 0 Å². The van der Waals surface area contributed by atoms with Crippen molar-refractivity contribution in [2.45, 2.75) is 33.6 Å². The Morgan fingerprint density at radius 2 is 1.90 bits per heavy atom. The summed E-state index contributed by atoms with van der Waals surface area (Å²) < 4.78 is 0. The van der Waals surface area contributed by atoms with Gasteiger partial charge in [-0.2, -0.15) is 0 Å². The van der Waals surface area contributed by atoms with Gasteiger partial charge in [0.25, 0.3) is 0 Å². The Balaban J connectivity index is 2.45. The van der Waals surface area contributed by atoms with Crippen LogP contribution in [0.15, 0.2) is 18.2 Å². The van der Waals surface area contributed by atoms with Crippen molar-refractivity contribution in [1.82, 2.24) is 9.97 Å². The SMILES string of the molecule is CCCc1nc(NN)c(C)c(Nc2c(C)cccc2Cl)n1. The lowest BCUT2D eigenvalue weighted by Gasteiger charge is -2.15. The number of hydrogen-bond acceptors (Lipinski definition) is 5. The first kappa shape index (κ1) is 15.5. The molecule has 0 aliphatic heterocycles. The Morgan fingerprint density at radius 3 is 2.52 bits per heavy atom. The number of anilines is 3. The predicted octanol–water partition coefficient (Wildman–Crippen LogP) is 3.73. The molecule has 0 radical (unpaired) electrons. The molecule has 0 atom stereocenters. The minimum atomic E-state index is 0.626. The standard InChI is InChI=1S/C15H20ClN5/c1-4-6-12-18-14(10(3)15(19-12)21-17)20-13-9(2)7-5-8-11(13)16/h5,7-8H,4,6,17H2,1-3H3,(H2,18,19,20,21). The highest BCUT2D eigenvalue weighted by molar-refractivity contribution is 6.33. The van der Waals surface area contributed by atoms with Gasteiger partial charge in [0.1, 0.15) is 17.5 Å². The maximum Gasteiger partial charge on any atom is 0.148 e. The molecule has 0 aliphatic rings. The molecule has 2 rings (SSSR count). The van der Waals surface area contributed by atoms with Crippen LogP contribution in [0.25, 0.3) is 0 Å². The third kappa shape index (κ3) is 3.43. The summed E-state index contributed by atoms with van der Waals surface area (Å²) in [4.78, 5) is 8.98. The van der Waals surface area contributed by atoms with Crippen LogP contribution in [0.1, 0.15) is 30.3 Å². The second kappa shape index (κ2) is 6.74. The molecule has 2 aromatic rings. The van der Waals surface area contributed by atoms with Crippen molar-refractivity contribution in [3.63, 3.8) is 0 Å². The zero-order valence-electron chi connectivity index (χ0n) is 12.5. The van der Waals surface area contributed by atoms with Crippen molar-refractivity contribution in [2.24, 2.45) is 5.84 Å². The van der Waals surface area contributed by atoms with Crippen LogP contribution in [0.4, 0.5) is 17.3 Å². The molecule has 1 heterocycles. The van der Waals surface area contributed by atoms with E-state index in [1.165, 1.54) is 0 Å². The van der Waals surface area contributed by atoms with E-state index in [0.717, 1.165) is 41.3 Å². The van der Waals surface area contributed by atoms with Gasteiger partial charge in [-0.25, -0.2) is 15.8 Å². The number of nitrogen functional groups attached to an aromatic ring is 1. The highest BCUT2D eigenvalue weighted by Crippen LogP contribution is 2.30. The number of nitrogens with zero attached hydrogens (tertiary/aromatic N) is 2. The molecule has 0 saturated heterocycles. The van der Waals surface area contributed by atoms with Crippen molar-refractivity contribution >= 4 is 28.9 Å². The van der Waals surface area contributed by atoms with E-state index in [4.69, 9.17) is 17.4 Å². The zero-order valence-corrected chi connectivity index (χ0v) is 13.3. The van der Waals surface area contributed by atoms with Crippen LogP contribution < -0.4 is 16.6 Å². The van der Waals surface area contributed by atoms with Crippen LogP contribution in [-0.2, 0) is 6.42 Å². The van der Waals surface area contributed by atoms with Crippen LogP contribution in [-0.4, -0.2) is 9.97 Å². The van der Waals surface area contributed by atoms with Gasteiger partial charge in [0.05, 0.1) is 10.7 Å². The first-order chi connectivity index (χ1) is 10.1. The summed E-state index contributed by atoms with van der Waals surface area (Å²) in [7, 11) is 0. The van der Waals surface area contributed by atoms with E-state index < -0.39 is 0 Å². The maximum atomic E-state index is 6.26. The second-order valence-electron chi connectivity index (χ2n) is 4.91. The monoisotopic (exact) mass is 305 g/mol. The molecule has 0 bridgehead atoms. The first-order valence-corrected chi connectivity index (χ1v) is 7.30. The van der Waals surface area contributed by atoms with Crippen molar-refractivity contribution in [1.29, 1.82) is 0 Å². The summed E-state index contributed by atoms with van der Waals surface area (Å²) in [5.74, 6) is 7.64. The van der Waals surface area contributed by atoms with Gasteiger partial charge >= 0.3 is 0 Å². The van der Waals surface area contributed by atoms with Crippen molar-refractivity contribution in [2.75, 3.05) is 10.7 Å². The number of rotatable bonds is 5. The van der Waals surface area contributed by atoms with Gasteiger partial charge in [0.2, 0.25) is 0 Å². The molecular formula is C15H20ClN5. The Morgan fingerprint density at radius 1 is 1.19 bits per heavy atom. The van der Waals surface area contributed by atoms with E-state index in [-0.39, 0.29) is 0 Å². The Bertz CT molecular complexity index is 622. The van der Waals surface area contributed by atoms with E-state index >= 15 is 0 Å². The molecule has 5 nitrogen and oxygen atoms in total. The lowest BCUT2D eigenvalue weighted by Crippen LogP contribution is -2.14. The first-order valence-electron chi connectivity index (χ1n) is 6.93. The molecule has 6 heteroatoms. The molecular weight excluding hydrogens is 286 g/mol. The number of hydrazine groups is 1. The third-order valence-corrected chi connectivity index (χ3v) is 3.58. The van der Waals surface area contributed by atoms with Gasteiger partial charge in [-0.15, -0.1) is 0 Å². The number of para-hydroxylation sites is 1. The average molecular weight is 306 g/mol. The predicted molar refractivity (Wildman–Crippen MR) is 88.0 cm³/mol. The summed E-state index contributed by atoms with van der Waals surface area (Å²) in [6.45, 7) is 6.00. The van der Waals surface area contributed by atoms with E-state index in [2.05, 4.69) is 27.6 Å². The molecule has 0 spiro atoms. The van der Waals surface area contributed by atoms with E-state index in [0.29, 0.717) is 10.8 Å². The van der Waals surface area contributed by atoms with Crippen LogP contribution in [0.5, 0.6) is 0 Å². The maximum absolute atomic E-state index is 6.26. The summed E-state index contributed by atoms with van der Waals surface area (Å²) in [6.07, 6.45) is 1.77.